The fourth-order valence-electron chi connectivity index (χ4n) is 2.23. The van der Waals surface area contributed by atoms with Crippen molar-refractivity contribution in [1.29, 1.82) is 0 Å². The Bertz CT molecular complexity index is 430. The first-order valence-corrected chi connectivity index (χ1v) is 7.20. The number of thiazole rings is 1. The largest absolute Gasteiger partial charge is 0.480 e. The molecule has 1 aliphatic rings. The Morgan fingerprint density at radius 2 is 2.06 bits per heavy atom. The highest BCUT2D eigenvalue weighted by Gasteiger charge is 2.32. The zero-order chi connectivity index (χ0) is 13.3. The van der Waals surface area contributed by atoms with E-state index in [1.165, 1.54) is 0 Å². The molecule has 0 bridgehead atoms. The molecule has 2 rings (SSSR count). The summed E-state index contributed by atoms with van der Waals surface area (Å²) in [7, 11) is 0. The van der Waals surface area contributed by atoms with Crippen LogP contribution < -0.4 is 0 Å². The van der Waals surface area contributed by atoms with E-state index in [0.29, 0.717) is 5.69 Å². The molecule has 0 radical (unpaired) electrons. The van der Waals surface area contributed by atoms with Crippen molar-refractivity contribution in [2.75, 3.05) is 13.1 Å². The molecule has 0 aromatic carbocycles. The lowest BCUT2D eigenvalue weighted by Gasteiger charge is -2.22. The van der Waals surface area contributed by atoms with Crippen molar-refractivity contribution in [3.63, 3.8) is 0 Å². The number of aliphatic carboxylic acids is 1. The molecular weight excluding hydrogens is 248 g/mol. The Labute approximate surface area is 112 Å². The van der Waals surface area contributed by atoms with Gasteiger partial charge in [0.1, 0.15) is 0 Å². The third kappa shape index (κ3) is 2.72. The number of likely N-dealkylation sites (tertiary alicyclic amines) is 1. The number of hydrogen-bond donors (Lipinski definition) is 1. The molecule has 0 saturated carbocycles. The second-order valence-corrected chi connectivity index (χ2v) is 6.67. The van der Waals surface area contributed by atoms with E-state index >= 15 is 0 Å². The third-order valence-corrected chi connectivity index (χ3v) is 4.47. The summed E-state index contributed by atoms with van der Waals surface area (Å²) in [5, 5.41) is 12.3. The van der Waals surface area contributed by atoms with E-state index in [1.54, 1.807) is 11.3 Å². The van der Waals surface area contributed by atoms with Gasteiger partial charge in [-0.25, -0.2) is 4.98 Å². The minimum absolute atomic E-state index is 0.0169. The molecule has 0 spiro atoms. The first kappa shape index (κ1) is 13.5. The Hall–Kier alpha value is -0.940. The summed E-state index contributed by atoms with van der Waals surface area (Å²) < 4.78 is 0. The van der Waals surface area contributed by atoms with Gasteiger partial charge in [0.05, 0.1) is 10.7 Å². The summed E-state index contributed by atoms with van der Waals surface area (Å²) in [6.07, 6.45) is 2.17. The maximum Gasteiger partial charge on any atom is 0.327 e. The second kappa shape index (κ2) is 4.97. The van der Waals surface area contributed by atoms with Crippen molar-refractivity contribution in [3.8, 4) is 0 Å². The van der Waals surface area contributed by atoms with Crippen molar-refractivity contribution in [3.05, 3.63) is 16.1 Å². The van der Waals surface area contributed by atoms with Crippen LogP contribution in [0.4, 0.5) is 0 Å². The highest BCUT2D eigenvalue weighted by molar-refractivity contribution is 7.09. The van der Waals surface area contributed by atoms with Gasteiger partial charge in [-0.2, -0.15) is 0 Å². The van der Waals surface area contributed by atoms with Gasteiger partial charge in [-0.15, -0.1) is 11.3 Å². The summed E-state index contributed by atoms with van der Waals surface area (Å²) in [6.45, 7) is 8.02. The van der Waals surface area contributed by atoms with Crippen LogP contribution in [0, 0.1) is 0 Å². The standard InChI is InChI=1S/C13H20N2O2S/c1-13(2,3)12-14-9(8-18-12)10(11(16)17)15-6-4-5-7-15/h8,10H,4-7H2,1-3H3,(H,16,17). The van der Waals surface area contributed by atoms with Crippen molar-refractivity contribution < 1.29 is 9.90 Å². The van der Waals surface area contributed by atoms with Crippen LogP contribution in [0.25, 0.3) is 0 Å². The minimum atomic E-state index is -0.789. The van der Waals surface area contributed by atoms with E-state index in [9.17, 15) is 9.90 Å². The molecule has 100 valence electrons. The molecule has 1 saturated heterocycles. The van der Waals surface area contributed by atoms with Crippen LogP contribution in [-0.2, 0) is 10.2 Å². The van der Waals surface area contributed by atoms with Gasteiger partial charge >= 0.3 is 5.97 Å². The quantitative estimate of drug-likeness (QED) is 0.915. The minimum Gasteiger partial charge on any atom is -0.480 e. The Kier molecular flexibility index (Phi) is 3.73. The second-order valence-electron chi connectivity index (χ2n) is 5.81. The first-order valence-electron chi connectivity index (χ1n) is 6.32. The smallest absolute Gasteiger partial charge is 0.327 e. The molecule has 0 amide bonds. The van der Waals surface area contributed by atoms with Crippen LogP contribution in [0.1, 0.15) is 50.4 Å². The van der Waals surface area contributed by atoms with Crippen molar-refractivity contribution in [2.24, 2.45) is 0 Å². The zero-order valence-corrected chi connectivity index (χ0v) is 12.0. The van der Waals surface area contributed by atoms with Crippen LogP contribution in [0.15, 0.2) is 5.38 Å². The molecule has 1 atom stereocenters. The highest BCUT2D eigenvalue weighted by atomic mass is 32.1. The number of nitrogens with zero attached hydrogens (tertiary/aromatic N) is 2. The molecule has 0 aliphatic carbocycles. The summed E-state index contributed by atoms with van der Waals surface area (Å²) >= 11 is 1.56. The third-order valence-electron chi connectivity index (χ3n) is 3.18. The number of carbonyl (C=O) groups is 1. The maximum absolute atomic E-state index is 11.5. The fourth-order valence-corrected chi connectivity index (χ4v) is 3.15. The van der Waals surface area contributed by atoms with Crippen LogP contribution in [0.5, 0.6) is 0 Å². The average molecular weight is 268 g/mol. The Morgan fingerprint density at radius 1 is 1.44 bits per heavy atom. The van der Waals surface area contributed by atoms with E-state index in [1.807, 2.05) is 10.3 Å². The van der Waals surface area contributed by atoms with E-state index in [2.05, 4.69) is 25.8 Å². The monoisotopic (exact) mass is 268 g/mol. The molecule has 2 heterocycles. The predicted molar refractivity (Wildman–Crippen MR) is 72.0 cm³/mol. The van der Waals surface area contributed by atoms with Crippen molar-refractivity contribution in [2.45, 2.75) is 45.1 Å². The van der Waals surface area contributed by atoms with E-state index < -0.39 is 12.0 Å². The summed E-state index contributed by atoms with van der Waals surface area (Å²) in [6, 6.07) is -0.570. The van der Waals surface area contributed by atoms with Crippen LogP contribution in [0.2, 0.25) is 0 Å². The summed E-state index contributed by atoms with van der Waals surface area (Å²) in [5.74, 6) is -0.789. The first-order chi connectivity index (χ1) is 8.39. The average Bonchev–Trinajstić information content (AvgIpc) is 2.86. The molecule has 1 aromatic heterocycles. The van der Waals surface area contributed by atoms with Gasteiger partial charge in [0.2, 0.25) is 0 Å². The predicted octanol–water partition coefficient (Wildman–Crippen LogP) is 2.66. The van der Waals surface area contributed by atoms with Crippen LogP contribution in [-0.4, -0.2) is 34.0 Å². The summed E-state index contributed by atoms with van der Waals surface area (Å²) in [4.78, 5) is 18.0. The van der Waals surface area contributed by atoms with E-state index in [-0.39, 0.29) is 5.41 Å². The Morgan fingerprint density at radius 3 is 2.50 bits per heavy atom. The SMILES string of the molecule is CC(C)(C)c1nc(C(C(=O)O)N2CCCC2)cs1. The number of carboxylic acid groups (broad SMARTS) is 1. The number of hydrogen-bond acceptors (Lipinski definition) is 4. The topological polar surface area (TPSA) is 53.4 Å². The van der Waals surface area contributed by atoms with Gasteiger partial charge in [-0.1, -0.05) is 20.8 Å². The molecular formula is C13H20N2O2S. The molecule has 5 heteroatoms. The molecule has 1 N–H and O–H groups in total. The van der Waals surface area contributed by atoms with Gasteiger partial charge in [0, 0.05) is 10.8 Å². The molecule has 1 unspecified atom stereocenters. The van der Waals surface area contributed by atoms with Gasteiger partial charge < -0.3 is 5.11 Å². The van der Waals surface area contributed by atoms with Crippen molar-refractivity contribution >= 4 is 17.3 Å². The zero-order valence-electron chi connectivity index (χ0n) is 11.1. The van der Waals surface area contributed by atoms with E-state index in [4.69, 9.17) is 0 Å². The van der Waals surface area contributed by atoms with Crippen LogP contribution in [0.3, 0.4) is 0 Å². The molecule has 1 aliphatic heterocycles. The van der Waals surface area contributed by atoms with Gasteiger partial charge in [0.25, 0.3) is 0 Å². The molecule has 4 nitrogen and oxygen atoms in total. The molecule has 1 fully saturated rings. The highest BCUT2D eigenvalue weighted by Crippen LogP contribution is 2.31. The fraction of sp³-hybridized carbons (Fsp3) is 0.692. The van der Waals surface area contributed by atoms with Gasteiger partial charge in [-0.05, 0) is 25.9 Å². The van der Waals surface area contributed by atoms with E-state index in [0.717, 1.165) is 30.9 Å². The normalized spacial score (nSPS) is 19.1. The number of carboxylic acids is 1. The maximum atomic E-state index is 11.5. The van der Waals surface area contributed by atoms with Gasteiger partial charge in [0.15, 0.2) is 6.04 Å². The number of aromatic nitrogens is 1. The summed E-state index contributed by atoms with van der Waals surface area (Å²) in [5.41, 5.74) is 0.677. The molecule has 18 heavy (non-hydrogen) atoms. The van der Waals surface area contributed by atoms with Crippen LogP contribution >= 0.6 is 11.3 Å². The van der Waals surface area contributed by atoms with Gasteiger partial charge in [-0.3, -0.25) is 9.69 Å². The number of rotatable bonds is 3. The van der Waals surface area contributed by atoms with Crippen molar-refractivity contribution in [1.82, 2.24) is 9.88 Å². The lowest BCUT2D eigenvalue weighted by molar-refractivity contribution is -0.143. The molecule has 1 aromatic rings. The lowest BCUT2D eigenvalue weighted by atomic mass is 9.98. The lowest BCUT2D eigenvalue weighted by Crippen LogP contribution is -2.32. The Balaban J connectivity index is 2.26.